The van der Waals surface area contributed by atoms with Gasteiger partial charge in [0.15, 0.2) is 11.6 Å². The highest BCUT2D eigenvalue weighted by Crippen LogP contribution is 2.10. The Hall–Kier alpha value is -2.22. The lowest BCUT2D eigenvalue weighted by Crippen LogP contribution is -2.08. The summed E-state index contributed by atoms with van der Waals surface area (Å²) < 4.78 is 10.2. The average Bonchev–Trinajstić information content (AvgIpc) is 2.79. The molecule has 0 radical (unpaired) electrons. The number of hydrogen-bond acceptors (Lipinski definition) is 8. The quantitative estimate of drug-likeness (QED) is 0.791. The van der Waals surface area contributed by atoms with Crippen LogP contribution in [0.15, 0.2) is 10.6 Å². The van der Waals surface area contributed by atoms with Crippen molar-refractivity contribution in [1.29, 1.82) is 0 Å². The van der Waals surface area contributed by atoms with Crippen LogP contribution in [0.4, 0.5) is 11.6 Å². The Morgan fingerprint density at radius 2 is 2.21 bits per heavy atom. The van der Waals surface area contributed by atoms with Crippen LogP contribution in [0.1, 0.15) is 24.5 Å². The second kappa shape index (κ2) is 6.10. The van der Waals surface area contributed by atoms with Crippen molar-refractivity contribution in [2.45, 2.75) is 27.0 Å². The first-order chi connectivity index (χ1) is 9.17. The molecular formula is C11H16N6O2. The molecule has 0 amide bonds. The molecule has 2 aromatic rings. The van der Waals surface area contributed by atoms with Crippen molar-refractivity contribution < 1.29 is 9.26 Å². The zero-order chi connectivity index (χ0) is 13.7. The minimum Gasteiger partial charge on any atom is -0.384 e. The Kier molecular flexibility index (Phi) is 4.24. The number of ether oxygens (including phenoxy) is 1. The Morgan fingerprint density at radius 3 is 2.89 bits per heavy atom. The molecule has 0 saturated heterocycles. The van der Waals surface area contributed by atoms with Gasteiger partial charge in [0, 0.05) is 12.7 Å². The molecule has 3 N–H and O–H groups in total. The molecule has 0 saturated carbocycles. The van der Waals surface area contributed by atoms with E-state index in [4.69, 9.17) is 15.0 Å². The summed E-state index contributed by atoms with van der Waals surface area (Å²) in [7, 11) is 0. The molecule has 0 aliphatic heterocycles. The minimum atomic E-state index is 0.329. The molecule has 8 heteroatoms. The van der Waals surface area contributed by atoms with Gasteiger partial charge in [-0.3, -0.25) is 0 Å². The van der Waals surface area contributed by atoms with Gasteiger partial charge in [-0.15, -0.1) is 0 Å². The number of nitrogen functional groups attached to an aromatic ring is 1. The van der Waals surface area contributed by atoms with E-state index in [9.17, 15) is 0 Å². The van der Waals surface area contributed by atoms with E-state index in [0.29, 0.717) is 48.9 Å². The standard InChI is InChI=1S/C11H16N6O2/c1-3-18-6-10-15-8(12)4-9(16-10)13-5-11-14-7(2)17-19-11/h4H,3,5-6H2,1-2H3,(H3,12,13,15,16). The van der Waals surface area contributed by atoms with Gasteiger partial charge in [-0.25, -0.2) is 9.97 Å². The summed E-state index contributed by atoms with van der Waals surface area (Å²) in [5, 5.41) is 6.75. The van der Waals surface area contributed by atoms with Gasteiger partial charge in [0.1, 0.15) is 18.2 Å². The molecule has 0 atom stereocenters. The van der Waals surface area contributed by atoms with Gasteiger partial charge < -0.3 is 20.3 Å². The lowest BCUT2D eigenvalue weighted by Gasteiger charge is -2.06. The molecule has 2 heterocycles. The van der Waals surface area contributed by atoms with Crippen LogP contribution in [0.3, 0.4) is 0 Å². The number of nitrogens with zero attached hydrogens (tertiary/aromatic N) is 4. The van der Waals surface area contributed by atoms with Crippen molar-refractivity contribution in [3.05, 3.63) is 23.6 Å². The maximum absolute atomic E-state index is 5.71. The molecule has 0 aliphatic carbocycles. The van der Waals surface area contributed by atoms with Crippen molar-refractivity contribution in [3.63, 3.8) is 0 Å². The van der Waals surface area contributed by atoms with Gasteiger partial charge in [-0.2, -0.15) is 4.98 Å². The highest BCUT2D eigenvalue weighted by molar-refractivity contribution is 5.44. The minimum absolute atomic E-state index is 0.329. The highest BCUT2D eigenvalue weighted by Gasteiger charge is 2.05. The van der Waals surface area contributed by atoms with Crippen LogP contribution in [0, 0.1) is 6.92 Å². The van der Waals surface area contributed by atoms with Crippen LogP contribution < -0.4 is 11.1 Å². The number of anilines is 2. The van der Waals surface area contributed by atoms with Crippen molar-refractivity contribution in [3.8, 4) is 0 Å². The van der Waals surface area contributed by atoms with Gasteiger partial charge in [0.2, 0.25) is 5.89 Å². The van der Waals surface area contributed by atoms with Crippen LogP contribution >= 0.6 is 0 Å². The Bertz CT molecular complexity index is 542. The van der Waals surface area contributed by atoms with E-state index in [1.54, 1.807) is 13.0 Å². The van der Waals surface area contributed by atoms with Gasteiger partial charge in [0.25, 0.3) is 0 Å². The lowest BCUT2D eigenvalue weighted by molar-refractivity contribution is 0.128. The number of aromatic nitrogens is 4. The largest absolute Gasteiger partial charge is 0.384 e. The third-order valence-corrected chi connectivity index (χ3v) is 2.22. The average molecular weight is 264 g/mol. The fraction of sp³-hybridized carbons (Fsp3) is 0.455. The summed E-state index contributed by atoms with van der Waals surface area (Å²) in [5.41, 5.74) is 5.71. The van der Waals surface area contributed by atoms with Crippen LogP contribution in [0.2, 0.25) is 0 Å². The van der Waals surface area contributed by atoms with Crippen LogP contribution in [-0.2, 0) is 17.9 Å². The van der Waals surface area contributed by atoms with Crippen molar-refractivity contribution in [2.24, 2.45) is 0 Å². The predicted octanol–water partition coefficient (Wildman–Crippen LogP) is 0.899. The molecule has 0 fully saturated rings. The first-order valence-corrected chi connectivity index (χ1v) is 5.91. The Morgan fingerprint density at radius 1 is 1.37 bits per heavy atom. The van der Waals surface area contributed by atoms with Crippen LogP contribution in [-0.4, -0.2) is 26.7 Å². The Balaban J connectivity index is 2.01. The van der Waals surface area contributed by atoms with E-state index in [2.05, 4.69) is 25.4 Å². The van der Waals surface area contributed by atoms with E-state index in [-0.39, 0.29) is 0 Å². The topological polar surface area (TPSA) is 112 Å². The monoisotopic (exact) mass is 264 g/mol. The zero-order valence-corrected chi connectivity index (χ0v) is 10.9. The summed E-state index contributed by atoms with van der Waals surface area (Å²) >= 11 is 0. The molecule has 102 valence electrons. The number of hydrogen-bond donors (Lipinski definition) is 2. The molecule has 0 aliphatic rings. The number of aryl methyl sites for hydroxylation is 1. The summed E-state index contributed by atoms with van der Waals surface area (Å²) in [6, 6.07) is 1.64. The van der Waals surface area contributed by atoms with E-state index in [1.165, 1.54) is 0 Å². The molecule has 2 aromatic heterocycles. The number of nitrogens with two attached hydrogens (primary N) is 1. The van der Waals surface area contributed by atoms with Crippen molar-refractivity contribution >= 4 is 11.6 Å². The predicted molar refractivity (Wildman–Crippen MR) is 68.1 cm³/mol. The smallest absolute Gasteiger partial charge is 0.245 e. The molecule has 2 rings (SSSR count). The highest BCUT2D eigenvalue weighted by atomic mass is 16.5. The maximum atomic E-state index is 5.71. The number of rotatable bonds is 6. The van der Waals surface area contributed by atoms with Crippen molar-refractivity contribution in [1.82, 2.24) is 20.1 Å². The molecular weight excluding hydrogens is 248 g/mol. The SMILES string of the molecule is CCOCc1nc(N)cc(NCc2nc(C)no2)n1. The fourth-order valence-corrected chi connectivity index (χ4v) is 1.44. The molecule has 0 aromatic carbocycles. The normalized spacial score (nSPS) is 10.6. The molecule has 0 spiro atoms. The third kappa shape index (κ3) is 3.88. The van der Waals surface area contributed by atoms with Gasteiger partial charge in [0.05, 0.1) is 6.54 Å². The van der Waals surface area contributed by atoms with E-state index in [0.717, 1.165) is 0 Å². The molecule has 0 unspecified atom stereocenters. The van der Waals surface area contributed by atoms with Gasteiger partial charge in [-0.05, 0) is 13.8 Å². The van der Waals surface area contributed by atoms with Crippen LogP contribution in [0.5, 0.6) is 0 Å². The summed E-state index contributed by atoms with van der Waals surface area (Å²) in [4.78, 5) is 12.4. The van der Waals surface area contributed by atoms with Crippen LogP contribution in [0.25, 0.3) is 0 Å². The first kappa shape index (κ1) is 13.2. The second-order valence-electron chi connectivity index (χ2n) is 3.82. The van der Waals surface area contributed by atoms with Gasteiger partial charge >= 0.3 is 0 Å². The second-order valence-corrected chi connectivity index (χ2v) is 3.82. The van der Waals surface area contributed by atoms with Crippen molar-refractivity contribution in [2.75, 3.05) is 17.7 Å². The zero-order valence-electron chi connectivity index (χ0n) is 10.9. The third-order valence-electron chi connectivity index (χ3n) is 2.22. The molecule has 0 bridgehead atoms. The molecule has 19 heavy (non-hydrogen) atoms. The van der Waals surface area contributed by atoms with E-state index in [1.807, 2.05) is 6.92 Å². The summed E-state index contributed by atoms with van der Waals surface area (Å²) in [6.45, 7) is 4.97. The van der Waals surface area contributed by atoms with E-state index < -0.39 is 0 Å². The van der Waals surface area contributed by atoms with Gasteiger partial charge in [-0.1, -0.05) is 5.16 Å². The summed E-state index contributed by atoms with van der Waals surface area (Å²) in [6.07, 6.45) is 0. The lowest BCUT2D eigenvalue weighted by atomic mass is 10.4. The number of nitrogens with one attached hydrogen (secondary N) is 1. The Labute approximate surface area is 110 Å². The fourth-order valence-electron chi connectivity index (χ4n) is 1.44. The first-order valence-electron chi connectivity index (χ1n) is 5.91. The molecule has 8 nitrogen and oxygen atoms in total. The van der Waals surface area contributed by atoms with E-state index >= 15 is 0 Å². The maximum Gasteiger partial charge on any atom is 0.245 e. The summed E-state index contributed by atoms with van der Waals surface area (Å²) in [5.74, 6) is 2.59.